The van der Waals surface area contributed by atoms with Crippen molar-refractivity contribution in [3.63, 3.8) is 0 Å². The lowest BCUT2D eigenvalue weighted by Crippen LogP contribution is -2.39. The molecule has 0 amide bonds. The van der Waals surface area contributed by atoms with E-state index in [1.807, 2.05) is 24.8 Å². The van der Waals surface area contributed by atoms with Crippen LogP contribution in [0.15, 0.2) is 6.07 Å². The molecule has 1 aromatic rings. The van der Waals surface area contributed by atoms with Crippen molar-refractivity contribution >= 4 is 29.1 Å². The number of hydrogen-bond acceptors (Lipinski definition) is 4. The van der Waals surface area contributed by atoms with Gasteiger partial charge in [0.25, 0.3) is 0 Å². The second-order valence-electron chi connectivity index (χ2n) is 4.39. The molecule has 0 aliphatic carbocycles. The quantitative estimate of drug-likeness (QED) is 0.917. The van der Waals surface area contributed by atoms with Crippen LogP contribution in [0.2, 0.25) is 0 Å². The molecule has 0 bridgehead atoms. The van der Waals surface area contributed by atoms with Gasteiger partial charge in [0.15, 0.2) is 0 Å². The topological polar surface area (TPSA) is 40.5 Å². The summed E-state index contributed by atoms with van der Waals surface area (Å²) in [7, 11) is 0. The van der Waals surface area contributed by atoms with Crippen LogP contribution in [-0.2, 0) is 6.54 Å². The fraction of sp³-hybridized carbons (Fsp3) is 0.583. The molecule has 1 fully saturated rings. The molecule has 0 saturated carbocycles. The number of thioether (sulfide) groups is 1. The monoisotopic (exact) mass is 271 g/mol. The molecule has 1 aromatic heterocycles. The Bertz CT molecular complexity index is 417. The molecule has 0 spiro atoms. The zero-order valence-corrected chi connectivity index (χ0v) is 11.7. The molecule has 1 saturated heterocycles. The number of aryl methyl sites for hydroxylation is 1. The van der Waals surface area contributed by atoms with E-state index in [1.165, 1.54) is 28.4 Å². The van der Waals surface area contributed by atoms with Crippen molar-refractivity contribution in [2.45, 2.75) is 26.4 Å². The van der Waals surface area contributed by atoms with Crippen LogP contribution in [0.5, 0.6) is 0 Å². The predicted octanol–water partition coefficient (Wildman–Crippen LogP) is 2.69. The van der Waals surface area contributed by atoms with Crippen LogP contribution in [0.1, 0.15) is 27.0 Å². The van der Waals surface area contributed by atoms with Gasteiger partial charge in [-0.3, -0.25) is 4.90 Å². The minimum Gasteiger partial charge on any atom is -0.477 e. The summed E-state index contributed by atoms with van der Waals surface area (Å²) in [5.41, 5.74) is 1.17. The van der Waals surface area contributed by atoms with E-state index in [-0.39, 0.29) is 0 Å². The molecular formula is C12H17NO2S2. The number of thiophene rings is 1. The zero-order chi connectivity index (χ0) is 12.4. The second-order valence-corrected chi connectivity index (χ2v) is 6.80. The maximum Gasteiger partial charge on any atom is 0.345 e. The van der Waals surface area contributed by atoms with Crippen LogP contribution in [0.25, 0.3) is 0 Å². The van der Waals surface area contributed by atoms with Gasteiger partial charge in [0, 0.05) is 35.5 Å². The van der Waals surface area contributed by atoms with Crippen molar-refractivity contribution in [2.24, 2.45) is 0 Å². The SMILES string of the molecule is Cc1sc(C(=O)O)cc1CN1CCSCC1C. The number of carbonyl (C=O) groups is 1. The van der Waals surface area contributed by atoms with Crippen LogP contribution >= 0.6 is 23.1 Å². The van der Waals surface area contributed by atoms with Gasteiger partial charge in [0.2, 0.25) is 0 Å². The van der Waals surface area contributed by atoms with Crippen LogP contribution < -0.4 is 0 Å². The molecule has 3 nitrogen and oxygen atoms in total. The van der Waals surface area contributed by atoms with Crippen molar-refractivity contribution in [1.82, 2.24) is 4.90 Å². The van der Waals surface area contributed by atoms with Crippen LogP contribution in [-0.4, -0.2) is 40.1 Å². The lowest BCUT2D eigenvalue weighted by Gasteiger charge is -2.32. The Hall–Kier alpha value is -0.520. The Balaban J connectivity index is 2.09. The van der Waals surface area contributed by atoms with Crippen molar-refractivity contribution in [1.29, 1.82) is 0 Å². The average molecular weight is 271 g/mol. The highest BCUT2D eigenvalue weighted by Gasteiger charge is 2.20. The van der Waals surface area contributed by atoms with Crippen molar-refractivity contribution < 1.29 is 9.90 Å². The fourth-order valence-electron chi connectivity index (χ4n) is 2.00. The molecule has 0 aromatic carbocycles. The average Bonchev–Trinajstić information content (AvgIpc) is 2.64. The molecule has 1 atom stereocenters. The number of carboxylic acids is 1. The highest BCUT2D eigenvalue weighted by molar-refractivity contribution is 7.99. The molecule has 1 unspecified atom stereocenters. The zero-order valence-electron chi connectivity index (χ0n) is 10.1. The molecule has 1 N–H and O–H groups in total. The van der Waals surface area contributed by atoms with E-state index in [9.17, 15) is 4.79 Å². The third kappa shape index (κ3) is 3.03. The number of nitrogens with zero attached hydrogens (tertiary/aromatic N) is 1. The summed E-state index contributed by atoms with van der Waals surface area (Å²) in [6.45, 7) is 6.24. The predicted molar refractivity (Wildman–Crippen MR) is 73.2 cm³/mol. The molecule has 94 valence electrons. The van der Waals surface area contributed by atoms with Gasteiger partial charge in [-0.2, -0.15) is 11.8 Å². The van der Waals surface area contributed by atoms with Gasteiger partial charge in [-0.05, 0) is 25.5 Å². The maximum atomic E-state index is 10.9. The van der Waals surface area contributed by atoms with Gasteiger partial charge in [-0.25, -0.2) is 4.79 Å². The van der Waals surface area contributed by atoms with E-state index in [0.29, 0.717) is 10.9 Å². The Kier molecular flexibility index (Phi) is 4.12. The number of aromatic carboxylic acids is 1. The Morgan fingerprint density at radius 3 is 3.00 bits per heavy atom. The van der Waals surface area contributed by atoms with Gasteiger partial charge in [-0.15, -0.1) is 11.3 Å². The van der Waals surface area contributed by atoms with E-state index in [4.69, 9.17) is 5.11 Å². The van der Waals surface area contributed by atoms with Crippen molar-refractivity contribution in [3.8, 4) is 0 Å². The molecular weight excluding hydrogens is 254 g/mol. The molecule has 5 heteroatoms. The summed E-state index contributed by atoms with van der Waals surface area (Å²) in [5, 5.41) is 8.97. The highest BCUT2D eigenvalue weighted by Crippen LogP contribution is 2.25. The molecule has 1 aliphatic heterocycles. The summed E-state index contributed by atoms with van der Waals surface area (Å²) in [4.78, 5) is 14.9. The molecule has 2 heterocycles. The minimum absolute atomic E-state index is 0.455. The first-order valence-electron chi connectivity index (χ1n) is 5.72. The smallest absolute Gasteiger partial charge is 0.345 e. The number of hydrogen-bond donors (Lipinski definition) is 1. The van der Waals surface area contributed by atoms with Crippen molar-refractivity contribution in [2.75, 3.05) is 18.1 Å². The van der Waals surface area contributed by atoms with Gasteiger partial charge >= 0.3 is 5.97 Å². The highest BCUT2D eigenvalue weighted by atomic mass is 32.2. The van der Waals surface area contributed by atoms with Gasteiger partial charge < -0.3 is 5.11 Å². The third-order valence-electron chi connectivity index (χ3n) is 3.11. The second kappa shape index (κ2) is 5.42. The van der Waals surface area contributed by atoms with Gasteiger partial charge in [0.1, 0.15) is 4.88 Å². The van der Waals surface area contributed by atoms with Crippen LogP contribution in [0.4, 0.5) is 0 Å². The first-order valence-corrected chi connectivity index (χ1v) is 7.69. The van der Waals surface area contributed by atoms with Gasteiger partial charge in [-0.1, -0.05) is 0 Å². The van der Waals surface area contributed by atoms with Crippen LogP contribution in [0, 0.1) is 6.92 Å². The lowest BCUT2D eigenvalue weighted by atomic mass is 10.2. The van der Waals surface area contributed by atoms with E-state index >= 15 is 0 Å². The third-order valence-corrected chi connectivity index (χ3v) is 5.38. The summed E-state index contributed by atoms with van der Waals surface area (Å²) in [6.07, 6.45) is 0. The number of rotatable bonds is 3. The van der Waals surface area contributed by atoms with E-state index < -0.39 is 5.97 Å². The molecule has 0 radical (unpaired) electrons. The summed E-state index contributed by atoms with van der Waals surface area (Å²) < 4.78 is 0. The fourth-order valence-corrected chi connectivity index (χ4v) is 3.95. The first-order chi connectivity index (χ1) is 8.08. The Labute approximate surface area is 110 Å². The normalized spacial score (nSPS) is 21.6. The largest absolute Gasteiger partial charge is 0.477 e. The van der Waals surface area contributed by atoms with Crippen molar-refractivity contribution in [3.05, 3.63) is 21.4 Å². The van der Waals surface area contributed by atoms with E-state index in [0.717, 1.165) is 18.0 Å². The Morgan fingerprint density at radius 2 is 2.41 bits per heavy atom. The lowest BCUT2D eigenvalue weighted by molar-refractivity contribution is 0.0702. The van der Waals surface area contributed by atoms with E-state index in [2.05, 4.69) is 11.8 Å². The maximum absolute atomic E-state index is 10.9. The summed E-state index contributed by atoms with van der Waals surface area (Å²) >= 11 is 3.38. The van der Waals surface area contributed by atoms with Crippen LogP contribution in [0.3, 0.4) is 0 Å². The van der Waals surface area contributed by atoms with E-state index in [1.54, 1.807) is 0 Å². The number of carboxylic acid groups (broad SMARTS) is 1. The Morgan fingerprint density at radius 1 is 1.65 bits per heavy atom. The summed E-state index contributed by atoms with van der Waals surface area (Å²) in [5.74, 6) is 1.54. The minimum atomic E-state index is -0.813. The van der Waals surface area contributed by atoms with Gasteiger partial charge in [0.05, 0.1) is 0 Å². The first kappa shape index (κ1) is 12.9. The molecule has 2 rings (SSSR count). The standard InChI is InChI=1S/C12H17NO2S2/c1-8-7-16-4-3-13(8)6-10-5-11(12(14)15)17-9(10)2/h5,8H,3-4,6-7H2,1-2H3,(H,14,15). The molecule has 17 heavy (non-hydrogen) atoms. The summed E-state index contributed by atoms with van der Waals surface area (Å²) in [6, 6.07) is 2.41. The molecule has 1 aliphatic rings.